The number of hydrogen-bond acceptors (Lipinski definition) is 5. The van der Waals surface area contributed by atoms with Gasteiger partial charge in [0.25, 0.3) is 11.8 Å². The third-order valence-electron chi connectivity index (χ3n) is 3.90. The number of hydrogen-bond donors (Lipinski definition) is 2. The molecule has 28 heavy (non-hydrogen) atoms. The van der Waals surface area contributed by atoms with E-state index in [4.69, 9.17) is 0 Å². The summed E-state index contributed by atoms with van der Waals surface area (Å²) in [5.74, 6) is 0.205. The number of thiophene rings is 1. The maximum Gasteiger partial charge on any atom is 0.265 e. The third kappa shape index (κ3) is 3.97. The first-order chi connectivity index (χ1) is 13.7. The van der Waals surface area contributed by atoms with Gasteiger partial charge in [0.2, 0.25) is 0 Å². The molecule has 2 N–H and O–H groups in total. The minimum absolute atomic E-state index is 0.183. The number of carbonyl (C=O) groups is 2. The van der Waals surface area contributed by atoms with Crippen molar-refractivity contribution in [2.75, 3.05) is 10.6 Å². The fourth-order valence-electron chi connectivity index (χ4n) is 2.55. The van der Waals surface area contributed by atoms with Gasteiger partial charge in [-0.2, -0.15) is 0 Å². The van der Waals surface area contributed by atoms with Gasteiger partial charge < -0.3 is 10.6 Å². The molecule has 0 aliphatic carbocycles. The van der Waals surface area contributed by atoms with E-state index in [1.165, 1.54) is 17.5 Å². The zero-order chi connectivity index (χ0) is 19.3. The van der Waals surface area contributed by atoms with E-state index in [9.17, 15) is 9.59 Å². The molecule has 0 bridgehead atoms. The summed E-state index contributed by atoms with van der Waals surface area (Å²) < 4.78 is 1.75. The zero-order valence-corrected chi connectivity index (χ0v) is 15.4. The summed E-state index contributed by atoms with van der Waals surface area (Å²) in [6, 6.07) is 14.0. The molecule has 0 radical (unpaired) electrons. The minimum Gasteiger partial charge on any atom is -0.322 e. The minimum atomic E-state index is -0.286. The number of imidazole rings is 1. The van der Waals surface area contributed by atoms with Crippen LogP contribution in [-0.4, -0.2) is 26.3 Å². The molecule has 3 heterocycles. The van der Waals surface area contributed by atoms with Crippen LogP contribution in [0.5, 0.6) is 0 Å². The first-order valence-corrected chi connectivity index (χ1v) is 9.28. The van der Waals surface area contributed by atoms with E-state index >= 15 is 0 Å². The van der Waals surface area contributed by atoms with E-state index in [1.807, 2.05) is 11.4 Å². The summed E-state index contributed by atoms with van der Waals surface area (Å²) in [5, 5.41) is 7.48. The van der Waals surface area contributed by atoms with E-state index in [2.05, 4.69) is 20.6 Å². The Kier molecular flexibility index (Phi) is 4.94. The lowest BCUT2D eigenvalue weighted by atomic mass is 10.2. The smallest absolute Gasteiger partial charge is 0.265 e. The Balaban J connectivity index is 1.44. The lowest BCUT2D eigenvalue weighted by Crippen LogP contribution is -2.14. The highest BCUT2D eigenvalue weighted by molar-refractivity contribution is 7.12. The molecule has 0 spiro atoms. The van der Waals surface area contributed by atoms with Gasteiger partial charge in [-0.25, -0.2) is 9.97 Å². The van der Waals surface area contributed by atoms with Crippen molar-refractivity contribution in [2.24, 2.45) is 0 Å². The summed E-state index contributed by atoms with van der Waals surface area (Å²) >= 11 is 1.37. The quantitative estimate of drug-likeness (QED) is 0.543. The van der Waals surface area contributed by atoms with E-state index in [0.29, 0.717) is 27.6 Å². The number of benzene rings is 1. The molecule has 0 atom stereocenters. The summed E-state index contributed by atoms with van der Waals surface area (Å²) in [7, 11) is 0. The molecule has 0 saturated carbocycles. The summed E-state index contributed by atoms with van der Waals surface area (Å²) in [6.07, 6.45) is 6.58. The van der Waals surface area contributed by atoms with Crippen molar-refractivity contribution in [2.45, 2.75) is 0 Å². The lowest BCUT2D eigenvalue weighted by Gasteiger charge is -2.09. The summed E-state index contributed by atoms with van der Waals surface area (Å²) in [6.45, 7) is 0. The highest BCUT2D eigenvalue weighted by Crippen LogP contribution is 2.18. The van der Waals surface area contributed by atoms with Gasteiger partial charge in [-0.05, 0) is 41.8 Å². The highest BCUT2D eigenvalue weighted by atomic mass is 32.1. The molecule has 0 unspecified atom stereocenters. The van der Waals surface area contributed by atoms with Crippen molar-refractivity contribution >= 4 is 34.5 Å². The van der Waals surface area contributed by atoms with E-state index in [1.54, 1.807) is 65.8 Å². The van der Waals surface area contributed by atoms with Gasteiger partial charge in [-0.15, -0.1) is 11.3 Å². The largest absolute Gasteiger partial charge is 0.322 e. The molecule has 1 aromatic carbocycles. The van der Waals surface area contributed by atoms with Crippen LogP contribution in [0.3, 0.4) is 0 Å². The van der Waals surface area contributed by atoms with E-state index in [-0.39, 0.29) is 11.8 Å². The molecule has 0 saturated heterocycles. The standard InChI is InChI=1S/C20H15N5O2S/c26-19(14-6-7-18(22-12-14)25-9-8-21-13-25)23-15-3-1-4-16(11-15)24-20(27)17-5-2-10-28-17/h1-13H,(H,23,26)(H,24,27). The Bertz CT molecular complexity index is 1090. The second kappa shape index (κ2) is 7.85. The predicted octanol–water partition coefficient (Wildman–Crippen LogP) is 3.83. The average Bonchev–Trinajstić information content (AvgIpc) is 3.42. The summed E-state index contributed by atoms with van der Waals surface area (Å²) in [5.41, 5.74) is 1.61. The molecule has 0 fully saturated rings. The van der Waals surface area contributed by atoms with Crippen molar-refractivity contribution in [3.05, 3.63) is 89.3 Å². The van der Waals surface area contributed by atoms with Crippen LogP contribution in [0.2, 0.25) is 0 Å². The Labute approximate surface area is 164 Å². The molecule has 4 aromatic rings. The fraction of sp³-hybridized carbons (Fsp3) is 0. The monoisotopic (exact) mass is 389 g/mol. The highest BCUT2D eigenvalue weighted by Gasteiger charge is 2.10. The number of nitrogens with zero attached hydrogens (tertiary/aromatic N) is 3. The van der Waals surface area contributed by atoms with Crippen molar-refractivity contribution in [3.8, 4) is 5.82 Å². The number of rotatable bonds is 5. The van der Waals surface area contributed by atoms with Crippen LogP contribution in [-0.2, 0) is 0 Å². The van der Waals surface area contributed by atoms with Crippen LogP contribution in [0, 0.1) is 0 Å². The molecule has 7 nitrogen and oxygen atoms in total. The van der Waals surface area contributed by atoms with Crippen molar-refractivity contribution in [1.82, 2.24) is 14.5 Å². The van der Waals surface area contributed by atoms with Crippen molar-refractivity contribution < 1.29 is 9.59 Å². The molecule has 0 aliphatic heterocycles. The Hall–Kier alpha value is -3.78. The second-order valence-electron chi connectivity index (χ2n) is 5.84. The van der Waals surface area contributed by atoms with Gasteiger partial charge in [0.15, 0.2) is 0 Å². The van der Waals surface area contributed by atoms with Crippen LogP contribution in [0.25, 0.3) is 5.82 Å². The number of anilines is 2. The van der Waals surface area contributed by atoms with Crippen LogP contribution in [0.15, 0.2) is 78.8 Å². The molecule has 8 heteroatoms. The second-order valence-corrected chi connectivity index (χ2v) is 6.79. The zero-order valence-electron chi connectivity index (χ0n) is 14.6. The number of amides is 2. The Morgan fingerprint density at radius 3 is 2.43 bits per heavy atom. The normalized spacial score (nSPS) is 10.4. The number of aromatic nitrogens is 3. The SMILES string of the molecule is O=C(Nc1cccc(NC(=O)c2cccs2)c1)c1ccc(-n2ccnc2)nc1. The van der Waals surface area contributed by atoms with E-state index in [0.717, 1.165) is 0 Å². The van der Waals surface area contributed by atoms with Crippen molar-refractivity contribution in [3.63, 3.8) is 0 Å². The van der Waals surface area contributed by atoms with Crippen molar-refractivity contribution in [1.29, 1.82) is 0 Å². The maximum absolute atomic E-state index is 12.5. The topological polar surface area (TPSA) is 88.9 Å². The van der Waals surface area contributed by atoms with Gasteiger partial charge >= 0.3 is 0 Å². The first kappa shape index (κ1) is 17.6. The molecule has 3 aromatic heterocycles. The van der Waals surface area contributed by atoms with Gasteiger partial charge in [-0.3, -0.25) is 14.2 Å². The third-order valence-corrected chi connectivity index (χ3v) is 4.77. The predicted molar refractivity (Wildman–Crippen MR) is 108 cm³/mol. The van der Waals surface area contributed by atoms with Gasteiger partial charge in [-0.1, -0.05) is 12.1 Å². The molecule has 2 amide bonds. The fourth-order valence-corrected chi connectivity index (χ4v) is 3.17. The van der Waals surface area contributed by atoms with E-state index < -0.39 is 0 Å². The summed E-state index contributed by atoms with van der Waals surface area (Å²) in [4.78, 5) is 33.5. The molecule has 4 rings (SSSR count). The lowest BCUT2D eigenvalue weighted by molar-refractivity contribution is 0.102. The molecular formula is C20H15N5O2S. The van der Waals surface area contributed by atoms with Crippen LogP contribution in [0.4, 0.5) is 11.4 Å². The van der Waals surface area contributed by atoms with Gasteiger partial charge in [0.05, 0.1) is 10.4 Å². The van der Waals surface area contributed by atoms with Crippen LogP contribution >= 0.6 is 11.3 Å². The molecular weight excluding hydrogens is 374 g/mol. The number of carbonyl (C=O) groups excluding carboxylic acids is 2. The first-order valence-electron chi connectivity index (χ1n) is 8.40. The molecule has 0 aliphatic rings. The molecule has 138 valence electrons. The Morgan fingerprint density at radius 2 is 1.79 bits per heavy atom. The average molecular weight is 389 g/mol. The Morgan fingerprint density at radius 1 is 0.964 bits per heavy atom. The number of pyridine rings is 1. The van der Waals surface area contributed by atoms with Crippen LogP contribution in [0.1, 0.15) is 20.0 Å². The maximum atomic E-state index is 12.5. The van der Waals surface area contributed by atoms with Gasteiger partial charge in [0, 0.05) is 30.0 Å². The van der Waals surface area contributed by atoms with Crippen LogP contribution < -0.4 is 10.6 Å². The van der Waals surface area contributed by atoms with Gasteiger partial charge in [0.1, 0.15) is 12.1 Å². The number of nitrogens with one attached hydrogen (secondary N) is 2.